The van der Waals surface area contributed by atoms with Crippen LogP contribution in [-0.4, -0.2) is 10.2 Å². The molecule has 0 aliphatic carbocycles. The van der Waals surface area contributed by atoms with Gasteiger partial charge in [-0.15, -0.1) is 0 Å². The minimum absolute atomic E-state index is 0.265. The molecule has 1 heterocycles. The fourth-order valence-electron chi connectivity index (χ4n) is 2.31. The van der Waals surface area contributed by atoms with E-state index in [0.29, 0.717) is 5.82 Å². The summed E-state index contributed by atoms with van der Waals surface area (Å²) in [4.78, 5) is 0. The summed E-state index contributed by atoms with van der Waals surface area (Å²) >= 11 is 0. The molecule has 0 unspecified atom stereocenters. The van der Waals surface area contributed by atoms with E-state index in [9.17, 15) is 4.39 Å². The Morgan fingerprint density at radius 1 is 1.05 bits per heavy atom. The number of hydrogen-bond acceptors (Lipinski definition) is 2. The highest BCUT2D eigenvalue weighted by molar-refractivity contribution is 5.88. The lowest BCUT2D eigenvalue weighted by Crippen LogP contribution is -1.91. The van der Waals surface area contributed by atoms with Crippen LogP contribution in [0, 0.1) is 12.7 Å². The van der Waals surface area contributed by atoms with Gasteiger partial charge in [0.15, 0.2) is 5.82 Å². The number of hydrogen-bond donors (Lipinski definition) is 2. The van der Waals surface area contributed by atoms with Crippen molar-refractivity contribution in [2.45, 2.75) is 6.92 Å². The Kier molecular flexibility index (Phi) is 2.99. The zero-order valence-electron chi connectivity index (χ0n) is 11.0. The number of anilines is 1. The first-order valence-electron chi connectivity index (χ1n) is 6.32. The van der Waals surface area contributed by atoms with E-state index in [-0.39, 0.29) is 5.82 Å². The lowest BCUT2D eigenvalue weighted by atomic mass is 9.97. The lowest BCUT2D eigenvalue weighted by molar-refractivity contribution is 0.628. The maximum absolute atomic E-state index is 13.0. The first kappa shape index (κ1) is 12.4. The van der Waals surface area contributed by atoms with Crippen LogP contribution in [0.3, 0.4) is 0 Å². The van der Waals surface area contributed by atoms with Crippen molar-refractivity contribution in [3.8, 4) is 22.4 Å². The van der Waals surface area contributed by atoms with Gasteiger partial charge in [-0.3, -0.25) is 5.10 Å². The number of rotatable bonds is 2. The van der Waals surface area contributed by atoms with Gasteiger partial charge in [-0.1, -0.05) is 24.3 Å². The molecular formula is C16H14FN3. The Hall–Kier alpha value is -2.62. The topological polar surface area (TPSA) is 54.7 Å². The van der Waals surface area contributed by atoms with E-state index in [1.807, 2.05) is 31.2 Å². The summed E-state index contributed by atoms with van der Waals surface area (Å²) in [6.45, 7) is 2.02. The molecule has 0 amide bonds. The molecule has 3 nitrogen and oxygen atoms in total. The van der Waals surface area contributed by atoms with Gasteiger partial charge in [-0.05, 0) is 42.3 Å². The maximum atomic E-state index is 13.0. The van der Waals surface area contributed by atoms with Gasteiger partial charge in [0.05, 0.1) is 11.3 Å². The third-order valence-electron chi connectivity index (χ3n) is 3.34. The van der Waals surface area contributed by atoms with Gasteiger partial charge in [0.2, 0.25) is 0 Å². The molecule has 0 aliphatic rings. The van der Waals surface area contributed by atoms with E-state index < -0.39 is 0 Å². The molecule has 4 heteroatoms. The molecule has 0 bridgehead atoms. The third kappa shape index (κ3) is 2.05. The highest BCUT2D eigenvalue weighted by Crippen LogP contribution is 2.36. The van der Waals surface area contributed by atoms with E-state index in [1.165, 1.54) is 12.1 Å². The predicted molar refractivity (Wildman–Crippen MR) is 78.6 cm³/mol. The average Bonchev–Trinajstić information content (AvgIpc) is 2.82. The fourth-order valence-corrected chi connectivity index (χ4v) is 2.31. The van der Waals surface area contributed by atoms with Crippen LogP contribution in [0.5, 0.6) is 0 Å². The molecule has 3 aromatic rings. The van der Waals surface area contributed by atoms with Gasteiger partial charge in [-0.25, -0.2) is 4.39 Å². The van der Waals surface area contributed by atoms with E-state index >= 15 is 0 Å². The van der Waals surface area contributed by atoms with Gasteiger partial charge in [0, 0.05) is 5.56 Å². The predicted octanol–water partition coefficient (Wildman–Crippen LogP) is 3.77. The molecule has 0 spiro atoms. The maximum Gasteiger partial charge on any atom is 0.153 e. The quantitative estimate of drug-likeness (QED) is 0.742. The second-order valence-corrected chi connectivity index (χ2v) is 4.68. The van der Waals surface area contributed by atoms with Crippen molar-refractivity contribution in [3.05, 3.63) is 59.9 Å². The third-order valence-corrected chi connectivity index (χ3v) is 3.34. The minimum Gasteiger partial charge on any atom is -0.382 e. The van der Waals surface area contributed by atoms with Crippen molar-refractivity contribution >= 4 is 5.82 Å². The first-order chi connectivity index (χ1) is 9.66. The molecule has 0 saturated heterocycles. The standard InChI is InChI=1S/C16H14FN3/c1-10-4-2-3-5-13(10)14-15(19-20-16(14)18)11-6-8-12(17)9-7-11/h2-9H,1H3,(H3,18,19,20). The summed E-state index contributed by atoms with van der Waals surface area (Å²) in [7, 11) is 0. The fraction of sp³-hybridized carbons (Fsp3) is 0.0625. The summed E-state index contributed by atoms with van der Waals surface area (Å²) in [5.74, 6) is 0.178. The Balaban J connectivity index is 2.20. The number of nitrogens with one attached hydrogen (secondary N) is 1. The number of nitrogens with zero attached hydrogens (tertiary/aromatic N) is 1. The largest absolute Gasteiger partial charge is 0.382 e. The molecule has 0 saturated carbocycles. The smallest absolute Gasteiger partial charge is 0.153 e. The number of halogens is 1. The zero-order chi connectivity index (χ0) is 14.1. The van der Waals surface area contributed by atoms with Crippen molar-refractivity contribution in [2.75, 3.05) is 5.73 Å². The van der Waals surface area contributed by atoms with Crippen LogP contribution in [0.4, 0.5) is 10.2 Å². The number of aryl methyl sites for hydroxylation is 1. The number of H-pyrrole nitrogens is 1. The summed E-state index contributed by atoms with van der Waals surface area (Å²) in [6.07, 6.45) is 0. The van der Waals surface area contributed by atoms with Crippen LogP contribution in [-0.2, 0) is 0 Å². The summed E-state index contributed by atoms with van der Waals surface area (Å²) in [5, 5.41) is 7.03. The van der Waals surface area contributed by atoms with E-state index in [0.717, 1.165) is 27.9 Å². The first-order valence-corrected chi connectivity index (χ1v) is 6.32. The molecule has 0 radical (unpaired) electrons. The van der Waals surface area contributed by atoms with Gasteiger partial charge in [-0.2, -0.15) is 5.10 Å². The van der Waals surface area contributed by atoms with Crippen molar-refractivity contribution in [1.82, 2.24) is 10.2 Å². The summed E-state index contributed by atoms with van der Waals surface area (Å²) in [5.41, 5.74) is 10.6. The molecule has 0 fully saturated rings. The highest BCUT2D eigenvalue weighted by atomic mass is 19.1. The van der Waals surface area contributed by atoms with Crippen LogP contribution < -0.4 is 5.73 Å². The lowest BCUT2D eigenvalue weighted by Gasteiger charge is -2.07. The van der Waals surface area contributed by atoms with Gasteiger partial charge < -0.3 is 5.73 Å². The van der Waals surface area contributed by atoms with Crippen molar-refractivity contribution in [1.29, 1.82) is 0 Å². The Bertz CT molecular complexity index is 745. The van der Waals surface area contributed by atoms with E-state index in [2.05, 4.69) is 10.2 Å². The van der Waals surface area contributed by atoms with Crippen LogP contribution >= 0.6 is 0 Å². The Labute approximate surface area is 116 Å². The van der Waals surface area contributed by atoms with Crippen LogP contribution in [0.1, 0.15) is 5.56 Å². The SMILES string of the molecule is Cc1ccccc1-c1c(N)n[nH]c1-c1ccc(F)cc1. The normalized spacial score (nSPS) is 10.7. The second kappa shape index (κ2) is 4.81. The van der Waals surface area contributed by atoms with Crippen molar-refractivity contribution in [3.63, 3.8) is 0 Å². The minimum atomic E-state index is -0.265. The monoisotopic (exact) mass is 267 g/mol. The zero-order valence-corrected chi connectivity index (χ0v) is 11.0. The van der Waals surface area contributed by atoms with Crippen LogP contribution in [0.2, 0.25) is 0 Å². The number of nitrogens with two attached hydrogens (primary N) is 1. The Morgan fingerprint density at radius 2 is 1.75 bits per heavy atom. The highest BCUT2D eigenvalue weighted by Gasteiger charge is 2.16. The summed E-state index contributed by atoms with van der Waals surface area (Å²) < 4.78 is 13.0. The molecular weight excluding hydrogens is 253 g/mol. The number of aromatic nitrogens is 2. The van der Waals surface area contributed by atoms with Crippen LogP contribution in [0.25, 0.3) is 22.4 Å². The second-order valence-electron chi connectivity index (χ2n) is 4.68. The summed E-state index contributed by atoms with van der Waals surface area (Å²) in [6, 6.07) is 14.2. The number of nitrogen functional groups attached to an aromatic ring is 1. The molecule has 3 rings (SSSR count). The van der Waals surface area contributed by atoms with Crippen molar-refractivity contribution < 1.29 is 4.39 Å². The Morgan fingerprint density at radius 3 is 2.45 bits per heavy atom. The molecule has 3 N–H and O–H groups in total. The van der Waals surface area contributed by atoms with E-state index in [1.54, 1.807) is 12.1 Å². The number of benzene rings is 2. The molecule has 2 aromatic carbocycles. The van der Waals surface area contributed by atoms with Gasteiger partial charge in [0.1, 0.15) is 5.82 Å². The molecule has 1 aromatic heterocycles. The van der Waals surface area contributed by atoms with E-state index in [4.69, 9.17) is 5.73 Å². The van der Waals surface area contributed by atoms with Crippen LogP contribution in [0.15, 0.2) is 48.5 Å². The molecule has 0 atom stereocenters. The molecule has 0 aliphatic heterocycles. The molecule has 100 valence electrons. The van der Waals surface area contributed by atoms with Gasteiger partial charge >= 0.3 is 0 Å². The number of aromatic amines is 1. The van der Waals surface area contributed by atoms with Gasteiger partial charge in [0.25, 0.3) is 0 Å². The average molecular weight is 267 g/mol. The van der Waals surface area contributed by atoms with Crippen molar-refractivity contribution in [2.24, 2.45) is 0 Å². The molecule has 20 heavy (non-hydrogen) atoms.